The zero-order valence-corrected chi connectivity index (χ0v) is 12.0. The molecule has 0 saturated carbocycles. The summed E-state index contributed by atoms with van der Waals surface area (Å²) in [5.74, 6) is 0.721. The lowest BCUT2D eigenvalue weighted by Crippen LogP contribution is -2.44. The van der Waals surface area contributed by atoms with Crippen LogP contribution in [0, 0.1) is 5.92 Å². The average Bonchev–Trinajstić information content (AvgIpc) is 2.30. The van der Waals surface area contributed by atoms with Crippen LogP contribution in [0.5, 0.6) is 0 Å². The molecule has 0 spiro atoms. The number of nitrogens with one attached hydrogen (secondary N) is 1. The molecule has 17 heavy (non-hydrogen) atoms. The third kappa shape index (κ3) is 5.84. The summed E-state index contributed by atoms with van der Waals surface area (Å²) < 4.78 is 5.54. The van der Waals surface area contributed by atoms with Gasteiger partial charge in [0.05, 0.1) is 6.10 Å². The number of piperidine rings is 1. The van der Waals surface area contributed by atoms with Gasteiger partial charge in [-0.2, -0.15) is 0 Å². The van der Waals surface area contributed by atoms with Gasteiger partial charge in [0.15, 0.2) is 0 Å². The molecular formula is C14H30N2O. The maximum atomic E-state index is 5.54. The fourth-order valence-corrected chi connectivity index (χ4v) is 2.46. The van der Waals surface area contributed by atoms with Crippen molar-refractivity contribution >= 4 is 0 Å². The van der Waals surface area contributed by atoms with Gasteiger partial charge in [-0.15, -0.1) is 0 Å². The number of methoxy groups -OCH3 is 1. The number of likely N-dealkylation sites (tertiary alicyclic amines) is 1. The van der Waals surface area contributed by atoms with Crippen LogP contribution >= 0.6 is 0 Å². The van der Waals surface area contributed by atoms with E-state index >= 15 is 0 Å². The minimum atomic E-state index is 0.442. The highest BCUT2D eigenvalue weighted by molar-refractivity contribution is 4.78. The van der Waals surface area contributed by atoms with Gasteiger partial charge in [-0.05, 0) is 44.8 Å². The normalized spacial score (nSPS) is 26.6. The van der Waals surface area contributed by atoms with E-state index in [1.165, 1.54) is 32.4 Å². The van der Waals surface area contributed by atoms with Gasteiger partial charge >= 0.3 is 0 Å². The Morgan fingerprint density at radius 3 is 2.76 bits per heavy atom. The molecule has 1 saturated heterocycles. The van der Waals surface area contributed by atoms with E-state index < -0.39 is 0 Å². The van der Waals surface area contributed by atoms with Crippen LogP contribution in [0.2, 0.25) is 0 Å². The summed E-state index contributed by atoms with van der Waals surface area (Å²) in [7, 11) is 1.84. The second kappa shape index (κ2) is 8.06. The zero-order valence-electron chi connectivity index (χ0n) is 12.0. The van der Waals surface area contributed by atoms with Crippen LogP contribution in [0.1, 0.15) is 40.0 Å². The lowest BCUT2D eigenvalue weighted by Gasteiger charge is -2.36. The number of ether oxygens (including phenoxy) is 1. The third-order valence-corrected chi connectivity index (χ3v) is 3.73. The van der Waals surface area contributed by atoms with E-state index in [-0.39, 0.29) is 0 Å². The molecule has 1 heterocycles. The van der Waals surface area contributed by atoms with Crippen molar-refractivity contribution in [1.29, 1.82) is 0 Å². The summed E-state index contributed by atoms with van der Waals surface area (Å²) in [6.45, 7) is 11.5. The monoisotopic (exact) mass is 242 g/mol. The van der Waals surface area contributed by atoms with Crippen LogP contribution in [-0.4, -0.2) is 50.3 Å². The summed E-state index contributed by atoms with van der Waals surface area (Å²) >= 11 is 0. The van der Waals surface area contributed by atoms with Crippen molar-refractivity contribution in [3.8, 4) is 0 Å². The molecule has 2 unspecified atom stereocenters. The molecule has 1 aliphatic rings. The molecule has 1 N–H and O–H groups in total. The first kappa shape index (κ1) is 14.9. The van der Waals surface area contributed by atoms with Crippen LogP contribution in [0.4, 0.5) is 0 Å². The zero-order chi connectivity index (χ0) is 12.7. The summed E-state index contributed by atoms with van der Waals surface area (Å²) in [6.07, 6.45) is 4.30. The molecule has 0 bridgehead atoms. The van der Waals surface area contributed by atoms with Crippen molar-refractivity contribution in [2.45, 2.75) is 52.2 Å². The maximum Gasteiger partial charge on any atom is 0.0724 e. The van der Waals surface area contributed by atoms with Gasteiger partial charge in [0.2, 0.25) is 0 Å². The third-order valence-electron chi connectivity index (χ3n) is 3.73. The van der Waals surface area contributed by atoms with Crippen molar-refractivity contribution in [2.24, 2.45) is 5.92 Å². The van der Waals surface area contributed by atoms with E-state index in [0.29, 0.717) is 12.1 Å². The molecule has 1 aliphatic heterocycles. The second-order valence-electron chi connectivity index (χ2n) is 5.66. The van der Waals surface area contributed by atoms with Crippen molar-refractivity contribution in [1.82, 2.24) is 10.2 Å². The fraction of sp³-hybridized carbons (Fsp3) is 1.00. The highest BCUT2D eigenvalue weighted by Gasteiger charge is 2.25. The van der Waals surface area contributed by atoms with Crippen LogP contribution in [0.3, 0.4) is 0 Å². The highest BCUT2D eigenvalue weighted by atomic mass is 16.5. The predicted octanol–water partition coefficient (Wildman–Crippen LogP) is 2.12. The van der Waals surface area contributed by atoms with E-state index in [4.69, 9.17) is 4.74 Å². The van der Waals surface area contributed by atoms with Crippen molar-refractivity contribution in [2.75, 3.05) is 33.3 Å². The Bertz CT molecular complexity index is 197. The Labute approximate surface area is 107 Å². The van der Waals surface area contributed by atoms with Gasteiger partial charge in [-0.1, -0.05) is 20.8 Å². The Balaban J connectivity index is 2.07. The molecule has 0 aromatic heterocycles. The minimum Gasteiger partial charge on any atom is -0.380 e. The van der Waals surface area contributed by atoms with Crippen molar-refractivity contribution < 1.29 is 4.74 Å². The lowest BCUT2D eigenvalue weighted by atomic mass is 9.95. The Morgan fingerprint density at radius 2 is 2.12 bits per heavy atom. The maximum absolute atomic E-state index is 5.54. The first-order chi connectivity index (χ1) is 8.13. The SMILES string of the molecule is COC1CN(CCCCNC(C)C)CCC1C. The minimum absolute atomic E-state index is 0.442. The lowest BCUT2D eigenvalue weighted by molar-refractivity contribution is -0.00521. The quantitative estimate of drug-likeness (QED) is 0.692. The van der Waals surface area contributed by atoms with Gasteiger partial charge in [0.1, 0.15) is 0 Å². The number of hydrogen-bond donors (Lipinski definition) is 1. The number of rotatable bonds is 7. The van der Waals surface area contributed by atoms with E-state index in [2.05, 4.69) is 31.0 Å². The molecule has 102 valence electrons. The molecule has 3 heteroatoms. The van der Waals surface area contributed by atoms with Crippen molar-refractivity contribution in [3.05, 3.63) is 0 Å². The van der Waals surface area contributed by atoms with Gasteiger partial charge in [0.25, 0.3) is 0 Å². The van der Waals surface area contributed by atoms with Gasteiger partial charge < -0.3 is 15.0 Å². The summed E-state index contributed by atoms with van der Waals surface area (Å²) in [5, 5.41) is 3.47. The van der Waals surface area contributed by atoms with E-state index in [9.17, 15) is 0 Å². The van der Waals surface area contributed by atoms with E-state index in [1.54, 1.807) is 0 Å². The standard InChI is InChI=1S/C14H30N2O/c1-12(2)15-8-5-6-9-16-10-7-13(3)14(11-16)17-4/h12-15H,5-11H2,1-4H3. The van der Waals surface area contributed by atoms with E-state index in [0.717, 1.165) is 19.0 Å². The Morgan fingerprint density at radius 1 is 1.35 bits per heavy atom. The van der Waals surface area contributed by atoms with Gasteiger partial charge in [-0.25, -0.2) is 0 Å². The smallest absolute Gasteiger partial charge is 0.0724 e. The highest BCUT2D eigenvalue weighted by Crippen LogP contribution is 2.19. The van der Waals surface area contributed by atoms with Gasteiger partial charge in [-0.3, -0.25) is 0 Å². The molecule has 0 aromatic rings. The molecule has 0 amide bonds. The second-order valence-corrected chi connectivity index (χ2v) is 5.66. The predicted molar refractivity (Wildman–Crippen MR) is 73.4 cm³/mol. The molecule has 0 aromatic carbocycles. The molecule has 0 radical (unpaired) electrons. The fourth-order valence-electron chi connectivity index (χ4n) is 2.46. The summed E-state index contributed by atoms with van der Waals surface area (Å²) in [4.78, 5) is 2.56. The molecule has 0 aliphatic carbocycles. The Hall–Kier alpha value is -0.120. The first-order valence-corrected chi connectivity index (χ1v) is 7.12. The van der Waals surface area contributed by atoms with Gasteiger partial charge in [0, 0.05) is 19.7 Å². The van der Waals surface area contributed by atoms with Crippen LogP contribution < -0.4 is 5.32 Å². The largest absolute Gasteiger partial charge is 0.380 e. The number of hydrogen-bond acceptors (Lipinski definition) is 3. The van der Waals surface area contributed by atoms with E-state index in [1.807, 2.05) is 7.11 Å². The molecular weight excluding hydrogens is 212 g/mol. The molecule has 3 nitrogen and oxygen atoms in total. The van der Waals surface area contributed by atoms with Crippen molar-refractivity contribution in [3.63, 3.8) is 0 Å². The van der Waals surface area contributed by atoms with Crippen LogP contribution in [-0.2, 0) is 4.74 Å². The molecule has 1 fully saturated rings. The topological polar surface area (TPSA) is 24.5 Å². The van der Waals surface area contributed by atoms with Crippen LogP contribution in [0.25, 0.3) is 0 Å². The number of nitrogens with zero attached hydrogens (tertiary/aromatic N) is 1. The Kier molecular flexibility index (Phi) is 7.09. The first-order valence-electron chi connectivity index (χ1n) is 7.12. The molecule has 1 rings (SSSR count). The number of unbranched alkanes of at least 4 members (excludes halogenated alkanes) is 1. The summed E-state index contributed by atoms with van der Waals surface area (Å²) in [6, 6.07) is 0.615. The average molecular weight is 242 g/mol. The van der Waals surface area contributed by atoms with Crippen LogP contribution in [0.15, 0.2) is 0 Å². The summed E-state index contributed by atoms with van der Waals surface area (Å²) in [5.41, 5.74) is 0. The molecule has 2 atom stereocenters.